The van der Waals surface area contributed by atoms with Gasteiger partial charge < -0.3 is 4.90 Å². The van der Waals surface area contributed by atoms with Crippen molar-refractivity contribution in [3.05, 3.63) is 125 Å². The van der Waals surface area contributed by atoms with Crippen molar-refractivity contribution >= 4 is 17.9 Å². The van der Waals surface area contributed by atoms with Crippen LogP contribution in [0.25, 0.3) is 11.1 Å². The van der Waals surface area contributed by atoms with E-state index in [-0.39, 0.29) is 11.8 Å². The predicted octanol–water partition coefficient (Wildman–Crippen LogP) is 5.77. The van der Waals surface area contributed by atoms with Crippen LogP contribution in [0.4, 0.5) is 5.69 Å². The van der Waals surface area contributed by atoms with Crippen LogP contribution >= 0.6 is 0 Å². The molecule has 1 aliphatic heterocycles. The maximum Gasteiger partial charge on any atom is 0.238 e. The number of nitrogens with zero attached hydrogens (tertiary/aromatic N) is 1. The quantitative estimate of drug-likeness (QED) is 0.388. The van der Waals surface area contributed by atoms with Crippen LogP contribution in [-0.4, -0.2) is 19.2 Å². The third kappa shape index (κ3) is 2.69. The summed E-state index contributed by atoms with van der Waals surface area (Å²) in [4.78, 5) is 28.0. The maximum atomic E-state index is 14.0. The van der Waals surface area contributed by atoms with Crippen LogP contribution in [0.2, 0.25) is 0 Å². The van der Waals surface area contributed by atoms with Crippen LogP contribution in [0, 0.1) is 0 Å². The highest BCUT2D eigenvalue weighted by Gasteiger charge is 2.59. The topological polar surface area (TPSA) is 37.4 Å². The molecule has 6 rings (SSSR count). The molecule has 2 aliphatic rings. The van der Waals surface area contributed by atoms with Gasteiger partial charge in [-0.2, -0.15) is 0 Å². The largest absolute Gasteiger partial charge is 0.314 e. The van der Waals surface area contributed by atoms with Crippen molar-refractivity contribution in [1.82, 2.24) is 0 Å². The first-order valence-electron chi connectivity index (χ1n) is 11.2. The van der Waals surface area contributed by atoms with E-state index in [1.807, 2.05) is 79.8 Å². The number of hydrogen-bond donors (Lipinski definition) is 0. The van der Waals surface area contributed by atoms with Crippen molar-refractivity contribution in [2.24, 2.45) is 0 Å². The van der Waals surface area contributed by atoms with Crippen LogP contribution < -0.4 is 4.90 Å². The van der Waals surface area contributed by atoms with E-state index in [4.69, 9.17) is 0 Å². The molecular weight excluding hydrogens is 406 g/mol. The summed E-state index contributed by atoms with van der Waals surface area (Å²) in [5.74, 6) is -0.0431. The minimum Gasteiger partial charge on any atom is -0.314 e. The first-order valence-corrected chi connectivity index (χ1v) is 11.2. The van der Waals surface area contributed by atoms with Gasteiger partial charge in [0.25, 0.3) is 0 Å². The van der Waals surface area contributed by atoms with E-state index in [2.05, 4.69) is 24.3 Å². The zero-order valence-electron chi connectivity index (χ0n) is 18.4. The normalized spacial score (nSPS) is 20.7. The van der Waals surface area contributed by atoms with Gasteiger partial charge in [0.05, 0.1) is 5.41 Å². The number of benzene rings is 4. The molecule has 33 heavy (non-hydrogen) atoms. The van der Waals surface area contributed by atoms with Crippen LogP contribution in [0.1, 0.15) is 38.5 Å². The Hall–Kier alpha value is -3.98. The Morgan fingerprint density at radius 3 is 2.27 bits per heavy atom. The Kier molecular flexibility index (Phi) is 4.34. The third-order valence-electron chi connectivity index (χ3n) is 7.36. The summed E-state index contributed by atoms with van der Waals surface area (Å²) in [6, 6.07) is 32.5. The first kappa shape index (κ1) is 19.7. The number of rotatable bonds is 3. The minimum absolute atomic E-state index is 0.114. The number of carbonyl (C=O) groups is 2. The van der Waals surface area contributed by atoms with E-state index in [1.165, 1.54) is 0 Å². The second-order valence-electron chi connectivity index (χ2n) is 9.00. The standard InChI is InChI=1S/C30H23NO2/c1-31-27-15-9-8-14-26(27)30(29(31)33)18-22-16-24(20-10-4-2-5-11-20)23(19-32)17-25(22)28(30)21-12-6-3-7-13-21/h2-17,19,28H,18H2,1H3/t28-,30+/m1/s1. The molecule has 0 saturated carbocycles. The van der Waals surface area contributed by atoms with Gasteiger partial charge in [-0.05, 0) is 51.9 Å². The summed E-state index contributed by atoms with van der Waals surface area (Å²) < 4.78 is 0. The molecule has 0 radical (unpaired) electrons. The SMILES string of the molecule is CN1C(=O)[C@@]2(Cc3cc(-c4ccccc4)c(C=O)cc3[C@H]2c2ccccc2)c2ccccc21. The highest BCUT2D eigenvalue weighted by Crippen LogP contribution is 2.58. The lowest BCUT2D eigenvalue weighted by atomic mass is 9.69. The highest BCUT2D eigenvalue weighted by atomic mass is 16.2. The zero-order chi connectivity index (χ0) is 22.6. The van der Waals surface area contributed by atoms with Crippen molar-refractivity contribution in [1.29, 1.82) is 0 Å². The Bertz CT molecular complexity index is 1390. The van der Waals surface area contributed by atoms with Crippen LogP contribution in [-0.2, 0) is 16.6 Å². The van der Waals surface area contributed by atoms with Crippen molar-refractivity contribution in [2.75, 3.05) is 11.9 Å². The van der Waals surface area contributed by atoms with Crippen molar-refractivity contribution < 1.29 is 9.59 Å². The van der Waals surface area contributed by atoms with Gasteiger partial charge in [0, 0.05) is 24.2 Å². The Balaban J connectivity index is 1.64. The third-order valence-corrected chi connectivity index (χ3v) is 7.36. The van der Waals surface area contributed by atoms with Gasteiger partial charge in [0.15, 0.2) is 6.29 Å². The van der Waals surface area contributed by atoms with Gasteiger partial charge in [-0.1, -0.05) is 84.9 Å². The first-order chi connectivity index (χ1) is 16.1. The molecule has 1 aliphatic carbocycles. The van der Waals surface area contributed by atoms with E-state index in [9.17, 15) is 9.59 Å². The molecule has 4 aromatic rings. The average molecular weight is 430 g/mol. The predicted molar refractivity (Wildman–Crippen MR) is 131 cm³/mol. The fraction of sp³-hybridized carbons (Fsp3) is 0.133. The van der Waals surface area contributed by atoms with Crippen molar-refractivity contribution in [2.45, 2.75) is 17.8 Å². The number of hydrogen-bond acceptors (Lipinski definition) is 2. The number of amides is 1. The van der Waals surface area contributed by atoms with E-state index >= 15 is 0 Å². The zero-order valence-corrected chi connectivity index (χ0v) is 18.4. The summed E-state index contributed by atoms with van der Waals surface area (Å²) in [5, 5.41) is 0. The van der Waals surface area contributed by atoms with Gasteiger partial charge in [-0.25, -0.2) is 0 Å². The molecule has 3 heteroatoms. The molecule has 160 valence electrons. The molecule has 0 saturated heterocycles. The summed E-state index contributed by atoms with van der Waals surface area (Å²) in [5.41, 5.74) is 7.20. The van der Waals surface area contributed by atoms with Crippen molar-refractivity contribution in [3.8, 4) is 11.1 Å². The van der Waals surface area contributed by atoms with Crippen LogP contribution in [0.5, 0.6) is 0 Å². The molecular formula is C30H23NO2. The molecule has 0 fully saturated rings. The number of carbonyl (C=O) groups excluding carboxylic acids is 2. The second kappa shape index (κ2) is 7.28. The Labute approximate surface area is 193 Å². The molecule has 1 heterocycles. The highest BCUT2D eigenvalue weighted by molar-refractivity contribution is 6.10. The Morgan fingerprint density at radius 1 is 0.879 bits per heavy atom. The molecule has 0 unspecified atom stereocenters. The van der Waals surface area contributed by atoms with Crippen LogP contribution in [0.15, 0.2) is 97.1 Å². The lowest BCUT2D eigenvalue weighted by Crippen LogP contribution is -2.42. The van der Waals surface area contributed by atoms with Gasteiger partial charge in [0.2, 0.25) is 5.91 Å². The van der Waals surface area contributed by atoms with Crippen LogP contribution in [0.3, 0.4) is 0 Å². The fourth-order valence-electron chi connectivity index (χ4n) is 5.96. The molecule has 3 nitrogen and oxygen atoms in total. The number of para-hydroxylation sites is 1. The summed E-state index contributed by atoms with van der Waals surface area (Å²) in [7, 11) is 1.87. The van der Waals surface area contributed by atoms with Gasteiger partial charge in [-0.3, -0.25) is 9.59 Å². The van der Waals surface area contributed by atoms with Gasteiger partial charge in [0.1, 0.15) is 0 Å². The maximum absolute atomic E-state index is 14.0. The van der Waals surface area contributed by atoms with E-state index in [0.29, 0.717) is 12.0 Å². The second-order valence-corrected chi connectivity index (χ2v) is 9.00. The number of anilines is 1. The number of fused-ring (bicyclic) bond motifs is 3. The molecule has 1 amide bonds. The lowest BCUT2D eigenvalue weighted by molar-refractivity contribution is -0.123. The minimum atomic E-state index is -0.718. The lowest BCUT2D eigenvalue weighted by Gasteiger charge is -2.31. The average Bonchev–Trinajstić information content (AvgIpc) is 3.32. The summed E-state index contributed by atoms with van der Waals surface area (Å²) in [6.07, 6.45) is 1.55. The number of likely N-dealkylation sites (N-methyl/N-ethyl adjacent to an activating group) is 1. The molecule has 0 aromatic heterocycles. The fourth-order valence-corrected chi connectivity index (χ4v) is 5.96. The van der Waals surface area contributed by atoms with E-state index in [1.54, 1.807) is 4.90 Å². The summed E-state index contributed by atoms with van der Waals surface area (Å²) >= 11 is 0. The Morgan fingerprint density at radius 2 is 1.55 bits per heavy atom. The van der Waals surface area contributed by atoms with E-state index in [0.717, 1.165) is 45.4 Å². The number of aldehydes is 1. The molecule has 2 atom stereocenters. The molecule has 0 bridgehead atoms. The van der Waals surface area contributed by atoms with Gasteiger partial charge in [-0.15, -0.1) is 0 Å². The molecule has 0 N–H and O–H groups in total. The summed E-state index contributed by atoms with van der Waals surface area (Å²) in [6.45, 7) is 0. The smallest absolute Gasteiger partial charge is 0.238 e. The van der Waals surface area contributed by atoms with E-state index < -0.39 is 5.41 Å². The molecule has 4 aromatic carbocycles. The van der Waals surface area contributed by atoms with Crippen molar-refractivity contribution in [3.63, 3.8) is 0 Å². The molecule has 1 spiro atoms. The van der Waals surface area contributed by atoms with Gasteiger partial charge >= 0.3 is 0 Å². The monoisotopic (exact) mass is 429 g/mol.